The average molecular weight is 226 g/mol. The molecular formula is C12H22N2O2. The van der Waals surface area contributed by atoms with Crippen molar-refractivity contribution in [2.24, 2.45) is 11.8 Å². The molecule has 1 aliphatic heterocycles. The molecule has 1 amide bonds. The lowest BCUT2D eigenvalue weighted by Gasteiger charge is -2.32. The number of fused-ring (bicyclic) bond motifs is 1. The van der Waals surface area contributed by atoms with Crippen LogP contribution in [0.1, 0.15) is 26.2 Å². The Morgan fingerprint density at radius 2 is 2.12 bits per heavy atom. The van der Waals surface area contributed by atoms with E-state index in [1.54, 1.807) is 14.0 Å². The van der Waals surface area contributed by atoms with E-state index in [9.17, 15) is 4.79 Å². The summed E-state index contributed by atoms with van der Waals surface area (Å²) in [5.74, 6) is 1.63. The minimum Gasteiger partial charge on any atom is -0.372 e. The molecule has 2 unspecified atom stereocenters. The summed E-state index contributed by atoms with van der Waals surface area (Å²) in [6, 6.07) is 0.353. The Kier molecular flexibility index (Phi) is 3.82. The third-order valence-corrected chi connectivity index (χ3v) is 4.02. The van der Waals surface area contributed by atoms with Gasteiger partial charge in [0.2, 0.25) is 5.91 Å². The van der Waals surface area contributed by atoms with Gasteiger partial charge in [-0.3, -0.25) is 4.79 Å². The van der Waals surface area contributed by atoms with Crippen LogP contribution in [0.2, 0.25) is 0 Å². The molecule has 16 heavy (non-hydrogen) atoms. The van der Waals surface area contributed by atoms with E-state index in [2.05, 4.69) is 10.6 Å². The summed E-state index contributed by atoms with van der Waals surface area (Å²) < 4.78 is 5.02. The quantitative estimate of drug-likeness (QED) is 0.738. The molecule has 1 heterocycles. The highest BCUT2D eigenvalue weighted by molar-refractivity contribution is 5.80. The van der Waals surface area contributed by atoms with Gasteiger partial charge in [0.05, 0.1) is 0 Å². The molecule has 2 aliphatic rings. The van der Waals surface area contributed by atoms with Gasteiger partial charge in [0, 0.05) is 13.2 Å². The van der Waals surface area contributed by atoms with Crippen molar-refractivity contribution in [3.63, 3.8) is 0 Å². The molecule has 0 spiro atoms. The molecule has 4 nitrogen and oxygen atoms in total. The third kappa shape index (κ3) is 2.55. The highest BCUT2D eigenvalue weighted by atomic mass is 16.5. The van der Waals surface area contributed by atoms with Crippen LogP contribution in [0, 0.1) is 11.8 Å². The SMILES string of the molecule is COC(C)C(=O)NC1CC[C@H]2CNC[C@H]2C1. The Morgan fingerprint density at radius 1 is 1.38 bits per heavy atom. The van der Waals surface area contributed by atoms with Crippen LogP contribution in [-0.2, 0) is 9.53 Å². The van der Waals surface area contributed by atoms with Crippen molar-refractivity contribution >= 4 is 5.91 Å². The zero-order chi connectivity index (χ0) is 11.5. The van der Waals surface area contributed by atoms with E-state index in [1.807, 2.05) is 0 Å². The topological polar surface area (TPSA) is 50.4 Å². The predicted octanol–water partition coefficient (Wildman–Crippen LogP) is 0.526. The highest BCUT2D eigenvalue weighted by Crippen LogP contribution is 2.32. The summed E-state index contributed by atoms with van der Waals surface area (Å²) in [7, 11) is 1.57. The number of carbonyl (C=O) groups excluding carboxylic acids is 1. The minimum atomic E-state index is -0.334. The molecule has 1 saturated carbocycles. The van der Waals surface area contributed by atoms with Gasteiger partial charge in [0.25, 0.3) is 0 Å². The molecule has 92 valence electrons. The lowest BCUT2D eigenvalue weighted by atomic mass is 9.79. The van der Waals surface area contributed by atoms with Gasteiger partial charge in [-0.25, -0.2) is 0 Å². The molecule has 0 radical (unpaired) electrons. The van der Waals surface area contributed by atoms with E-state index in [0.717, 1.165) is 31.2 Å². The summed E-state index contributed by atoms with van der Waals surface area (Å²) in [6.45, 7) is 4.08. The molecule has 1 saturated heterocycles. The van der Waals surface area contributed by atoms with Crippen molar-refractivity contribution in [3.8, 4) is 0 Å². The predicted molar refractivity (Wildman–Crippen MR) is 62.1 cm³/mol. The van der Waals surface area contributed by atoms with Crippen LogP contribution in [0.4, 0.5) is 0 Å². The van der Waals surface area contributed by atoms with Crippen molar-refractivity contribution in [1.82, 2.24) is 10.6 Å². The molecule has 0 aromatic rings. The first-order chi connectivity index (χ1) is 7.70. The first-order valence-corrected chi connectivity index (χ1v) is 6.24. The Morgan fingerprint density at radius 3 is 2.88 bits per heavy atom. The smallest absolute Gasteiger partial charge is 0.249 e. The number of nitrogens with one attached hydrogen (secondary N) is 2. The Labute approximate surface area is 97.1 Å². The van der Waals surface area contributed by atoms with Crippen LogP contribution < -0.4 is 10.6 Å². The largest absolute Gasteiger partial charge is 0.372 e. The molecular weight excluding hydrogens is 204 g/mol. The molecule has 4 heteroatoms. The lowest BCUT2D eigenvalue weighted by Crippen LogP contribution is -2.44. The van der Waals surface area contributed by atoms with Crippen molar-refractivity contribution in [1.29, 1.82) is 0 Å². The first-order valence-electron chi connectivity index (χ1n) is 6.24. The van der Waals surface area contributed by atoms with Gasteiger partial charge in [0.15, 0.2) is 0 Å². The van der Waals surface area contributed by atoms with Gasteiger partial charge >= 0.3 is 0 Å². The van der Waals surface area contributed by atoms with Crippen LogP contribution in [-0.4, -0.2) is 38.3 Å². The third-order valence-electron chi connectivity index (χ3n) is 4.02. The van der Waals surface area contributed by atoms with Gasteiger partial charge in [-0.15, -0.1) is 0 Å². The molecule has 0 aromatic carbocycles. The highest BCUT2D eigenvalue weighted by Gasteiger charge is 2.34. The standard InChI is InChI=1S/C12H22N2O2/c1-8(16-2)12(15)14-11-4-3-9-6-13-7-10(9)5-11/h8-11,13H,3-7H2,1-2H3,(H,14,15)/t8?,9-,10+,11?/m0/s1. The maximum absolute atomic E-state index is 11.7. The summed E-state index contributed by atoms with van der Waals surface area (Å²) in [5.41, 5.74) is 0. The molecule has 0 bridgehead atoms. The molecule has 2 rings (SSSR count). The van der Waals surface area contributed by atoms with Gasteiger partial charge < -0.3 is 15.4 Å². The second kappa shape index (κ2) is 5.15. The van der Waals surface area contributed by atoms with E-state index >= 15 is 0 Å². The molecule has 2 N–H and O–H groups in total. The summed E-state index contributed by atoms with van der Waals surface area (Å²) >= 11 is 0. The number of amides is 1. The second-order valence-electron chi connectivity index (χ2n) is 5.07. The van der Waals surface area contributed by atoms with Gasteiger partial charge in [-0.05, 0) is 51.1 Å². The van der Waals surface area contributed by atoms with Crippen LogP contribution >= 0.6 is 0 Å². The van der Waals surface area contributed by atoms with E-state index in [-0.39, 0.29) is 12.0 Å². The van der Waals surface area contributed by atoms with Gasteiger partial charge in [-0.2, -0.15) is 0 Å². The summed E-state index contributed by atoms with van der Waals surface area (Å²) in [4.78, 5) is 11.7. The van der Waals surface area contributed by atoms with Gasteiger partial charge in [0.1, 0.15) is 6.10 Å². The second-order valence-corrected chi connectivity index (χ2v) is 5.07. The molecule has 4 atom stereocenters. The number of methoxy groups -OCH3 is 1. The monoisotopic (exact) mass is 226 g/mol. The maximum Gasteiger partial charge on any atom is 0.249 e. The van der Waals surface area contributed by atoms with E-state index in [1.165, 1.54) is 13.0 Å². The normalized spacial score (nSPS) is 35.5. The lowest BCUT2D eigenvalue weighted by molar-refractivity contribution is -0.131. The van der Waals surface area contributed by atoms with Crippen LogP contribution in [0.5, 0.6) is 0 Å². The Bertz CT molecular complexity index is 257. The zero-order valence-electron chi connectivity index (χ0n) is 10.2. The minimum absolute atomic E-state index is 0.0249. The van der Waals surface area contributed by atoms with E-state index in [4.69, 9.17) is 4.74 Å². The average Bonchev–Trinajstić information content (AvgIpc) is 2.75. The first kappa shape index (κ1) is 11.9. The Hall–Kier alpha value is -0.610. The Balaban J connectivity index is 1.81. The van der Waals surface area contributed by atoms with Crippen molar-refractivity contribution in [2.45, 2.75) is 38.3 Å². The fourth-order valence-corrected chi connectivity index (χ4v) is 2.86. The van der Waals surface area contributed by atoms with Crippen LogP contribution in [0.25, 0.3) is 0 Å². The van der Waals surface area contributed by atoms with Crippen LogP contribution in [0.3, 0.4) is 0 Å². The summed E-state index contributed by atoms with van der Waals surface area (Å²) in [6.07, 6.45) is 3.15. The summed E-state index contributed by atoms with van der Waals surface area (Å²) in [5, 5.41) is 6.53. The van der Waals surface area contributed by atoms with Crippen molar-refractivity contribution in [2.75, 3.05) is 20.2 Å². The fraction of sp³-hybridized carbons (Fsp3) is 0.917. The van der Waals surface area contributed by atoms with Crippen molar-refractivity contribution < 1.29 is 9.53 Å². The van der Waals surface area contributed by atoms with E-state index < -0.39 is 0 Å². The van der Waals surface area contributed by atoms with Crippen molar-refractivity contribution in [3.05, 3.63) is 0 Å². The number of carbonyl (C=O) groups is 1. The number of rotatable bonds is 3. The number of ether oxygens (including phenoxy) is 1. The molecule has 0 aromatic heterocycles. The molecule has 1 aliphatic carbocycles. The van der Waals surface area contributed by atoms with E-state index in [0.29, 0.717) is 6.04 Å². The fourth-order valence-electron chi connectivity index (χ4n) is 2.86. The van der Waals surface area contributed by atoms with Gasteiger partial charge in [-0.1, -0.05) is 0 Å². The zero-order valence-corrected chi connectivity index (χ0v) is 10.2. The van der Waals surface area contributed by atoms with Crippen LogP contribution in [0.15, 0.2) is 0 Å². The molecule has 2 fully saturated rings. The number of hydrogen-bond donors (Lipinski definition) is 2. The number of hydrogen-bond acceptors (Lipinski definition) is 3. The maximum atomic E-state index is 11.7.